The monoisotopic (exact) mass is 878 g/mol. The van der Waals surface area contributed by atoms with Crippen LogP contribution in [-0.4, -0.2) is 104 Å². The van der Waals surface area contributed by atoms with E-state index in [9.17, 15) is 27.6 Å². The van der Waals surface area contributed by atoms with E-state index >= 15 is 4.79 Å². The van der Waals surface area contributed by atoms with Crippen LogP contribution in [0.2, 0.25) is 0 Å². The van der Waals surface area contributed by atoms with Crippen molar-refractivity contribution < 1.29 is 46.6 Å². The first kappa shape index (κ1) is 45.1. The van der Waals surface area contributed by atoms with Gasteiger partial charge in [-0.1, -0.05) is 46.1 Å². The highest BCUT2D eigenvalue weighted by Gasteiger charge is 2.62. The summed E-state index contributed by atoms with van der Waals surface area (Å²) in [7, 11) is -0.689. The molecule has 338 valence electrons. The first-order chi connectivity index (χ1) is 29.5. The number of ether oxygens (including phenoxy) is 3. The van der Waals surface area contributed by atoms with Gasteiger partial charge in [0.05, 0.1) is 31.0 Å². The molecule has 5 amide bonds. The second-order valence-electron chi connectivity index (χ2n) is 18.6. The molecule has 16 nitrogen and oxygen atoms in total. The second kappa shape index (κ2) is 18.0. The van der Waals surface area contributed by atoms with Crippen LogP contribution in [0.4, 0.5) is 10.6 Å². The number of hydrogen-bond donors (Lipinski definition) is 3. The van der Waals surface area contributed by atoms with Crippen molar-refractivity contribution in [1.82, 2.24) is 25.2 Å². The van der Waals surface area contributed by atoms with E-state index in [1.807, 2.05) is 32.9 Å². The van der Waals surface area contributed by atoms with E-state index in [4.69, 9.17) is 19.2 Å². The average Bonchev–Trinajstić information content (AvgIpc) is 4.18. The molecular weight excluding hydrogens is 817 g/mol. The van der Waals surface area contributed by atoms with Crippen molar-refractivity contribution in [2.24, 2.45) is 17.3 Å². The number of nitrogens with zero attached hydrogens (tertiary/aromatic N) is 3. The molecule has 2 aliphatic heterocycles. The van der Waals surface area contributed by atoms with Gasteiger partial charge in [-0.25, -0.2) is 18.2 Å². The van der Waals surface area contributed by atoms with Gasteiger partial charge in [-0.3, -0.25) is 28.8 Å². The normalized spacial score (nSPS) is 26.9. The van der Waals surface area contributed by atoms with Crippen LogP contribution < -0.4 is 29.7 Å². The molecule has 3 N–H and O–H groups in total. The maximum Gasteiger partial charge on any atom is 0.407 e. The van der Waals surface area contributed by atoms with Gasteiger partial charge in [0, 0.05) is 43.3 Å². The third kappa shape index (κ3) is 9.66. The Hall–Kier alpha value is -4.93. The van der Waals surface area contributed by atoms with Crippen LogP contribution in [-0.2, 0) is 40.4 Å². The first-order valence-corrected chi connectivity index (χ1v) is 23.7. The number of amides is 5. The van der Waals surface area contributed by atoms with Gasteiger partial charge in [0.2, 0.25) is 27.7 Å². The van der Waals surface area contributed by atoms with E-state index in [2.05, 4.69) is 21.9 Å². The number of cyclic esters (lactones) is 1. The van der Waals surface area contributed by atoms with Crippen molar-refractivity contribution in [2.45, 2.75) is 140 Å². The highest BCUT2D eigenvalue weighted by atomic mass is 32.2. The van der Waals surface area contributed by atoms with Gasteiger partial charge in [-0.15, -0.1) is 6.58 Å². The number of anilines is 1. The molecular formula is C45H62N6O10S. The molecule has 1 aromatic carbocycles. The summed E-state index contributed by atoms with van der Waals surface area (Å²) >= 11 is 0. The summed E-state index contributed by atoms with van der Waals surface area (Å²) in [5.74, 6) is -1.53. The molecule has 1 unspecified atom stereocenters. The Morgan fingerprint density at radius 2 is 1.84 bits per heavy atom. The number of alkyl carbamates (subject to hydrolysis) is 1. The number of benzene rings is 1. The first-order valence-electron chi connectivity index (χ1n) is 22.2. The topological polar surface area (TPSA) is 203 Å². The summed E-state index contributed by atoms with van der Waals surface area (Å²) in [4.78, 5) is 78.0. The van der Waals surface area contributed by atoms with Crippen LogP contribution >= 0.6 is 0 Å². The Morgan fingerprint density at radius 3 is 2.50 bits per heavy atom. The van der Waals surface area contributed by atoms with Gasteiger partial charge < -0.3 is 29.7 Å². The fourth-order valence-corrected chi connectivity index (χ4v) is 10.6. The molecule has 3 saturated carbocycles. The van der Waals surface area contributed by atoms with Gasteiger partial charge in [-0.2, -0.15) is 0 Å². The molecule has 1 saturated heterocycles. The van der Waals surface area contributed by atoms with Crippen LogP contribution in [0.3, 0.4) is 0 Å². The molecule has 0 spiro atoms. The third-order valence-corrected chi connectivity index (χ3v) is 15.1. The highest BCUT2D eigenvalue weighted by molar-refractivity contribution is 7.91. The smallest absolute Gasteiger partial charge is 0.407 e. The number of pyridine rings is 1. The molecule has 7 rings (SSSR count). The SMILES string of the molecule is C=C[C@@H]1CC1(NC(=O)[C@@H]1C[C@@H]2CN1C(=O)[C@H](C1CCCCC1)NC(=O)OCC(C)(C)CCCc1cc3c(cc(N(C)C(=O)CCC)nc3cc1OC)O2)C(=O)NS(=O)(=O)C1CC1. The standard InChI is InChI=1S/C45H62N6O10S/c1-7-13-38(52)50(5)37-23-36-32-20-28(35(59-6)22-33(32)46-37)16-12-19-44(3,4)26-60-43(56)47-39(27-14-10-9-11-15-27)41(54)51-25-30(61-36)21-34(51)40(53)48-45(24-29(45)8-2)42(55)49-62(57,58)31-17-18-31/h8,20,22-23,27,29-31,34,39H,2,7,9-19,21,24-26H2,1,3-6H3,(H,47,56)(H,48,53)(H,49,55)/t29-,30-,34+,39+,45?/m1/s1. The lowest BCUT2D eigenvalue weighted by Gasteiger charge is -2.35. The molecule has 4 bridgehead atoms. The maximum absolute atomic E-state index is 15.0. The van der Waals surface area contributed by atoms with Crippen LogP contribution in [0.15, 0.2) is 30.9 Å². The van der Waals surface area contributed by atoms with Crippen molar-refractivity contribution in [1.29, 1.82) is 0 Å². The zero-order valence-corrected chi connectivity index (χ0v) is 37.4. The fraction of sp³-hybridized carbons (Fsp3) is 0.644. The van der Waals surface area contributed by atoms with Crippen molar-refractivity contribution in [3.63, 3.8) is 0 Å². The van der Waals surface area contributed by atoms with Gasteiger partial charge in [-0.05, 0) is 80.8 Å². The Labute approximate surface area is 364 Å². The highest BCUT2D eigenvalue weighted by Crippen LogP contribution is 2.46. The summed E-state index contributed by atoms with van der Waals surface area (Å²) in [5.41, 5.74) is -0.569. The molecule has 62 heavy (non-hydrogen) atoms. The lowest BCUT2D eigenvalue weighted by Crippen LogP contribution is -2.59. The number of fused-ring (bicyclic) bond motifs is 3. The van der Waals surface area contributed by atoms with Crippen molar-refractivity contribution in [3.8, 4) is 11.5 Å². The van der Waals surface area contributed by atoms with Crippen LogP contribution in [0.1, 0.15) is 110 Å². The van der Waals surface area contributed by atoms with Crippen molar-refractivity contribution >= 4 is 56.5 Å². The zero-order valence-electron chi connectivity index (χ0n) is 36.6. The number of aryl methyl sites for hydroxylation is 1. The van der Waals surface area contributed by atoms with Gasteiger partial charge >= 0.3 is 6.09 Å². The summed E-state index contributed by atoms with van der Waals surface area (Å²) in [6, 6.07) is 3.31. The number of sulfonamides is 1. The quantitative estimate of drug-likeness (QED) is 0.255. The number of nitrogens with one attached hydrogen (secondary N) is 3. The minimum atomic E-state index is -3.93. The molecule has 3 heterocycles. The predicted molar refractivity (Wildman–Crippen MR) is 232 cm³/mol. The van der Waals surface area contributed by atoms with Crippen LogP contribution in [0.5, 0.6) is 11.5 Å². The zero-order chi connectivity index (χ0) is 44.6. The Balaban J connectivity index is 1.29. The molecule has 5 atom stereocenters. The van der Waals surface area contributed by atoms with Gasteiger partial charge in [0.25, 0.3) is 5.91 Å². The van der Waals surface area contributed by atoms with Gasteiger partial charge in [0.1, 0.15) is 41.0 Å². The lowest BCUT2D eigenvalue weighted by atomic mass is 9.83. The molecule has 17 heteroatoms. The number of carbonyl (C=O) groups excluding carboxylic acids is 5. The molecule has 5 aliphatic rings. The number of rotatable bonds is 11. The third-order valence-electron chi connectivity index (χ3n) is 13.3. The summed E-state index contributed by atoms with van der Waals surface area (Å²) in [5, 5.41) is 5.75. The van der Waals surface area contributed by atoms with E-state index in [1.165, 1.54) is 15.9 Å². The second-order valence-corrected chi connectivity index (χ2v) is 20.6. The number of aromatic nitrogens is 1. The van der Waals surface area contributed by atoms with Crippen molar-refractivity contribution in [3.05, 3.63) is 36.4 Å². The van der Waals surface area contributed by atoms with Crippen LogP contribution in [0, 0.1) is 17.3 Å². The van der Waals surface area contributed by atoms with Gasteiger partial charge in [0.15, 0.2) is 0 Å². The number of carbonyl (C=O) groups is 5. The van der Waals surface area contributed by atoms with Crippen LogP contribution in [0.25, 0.3) is 10.9 Å². The number of methoxy groups -OCH3 is 1. The summed E-state index contributed by atoms with van der Waals surface area (Å²) < 4.78 is 46.4. The van der Waals surface area contributed by atoms with E-state index in [0.717, 1.165) is 31.2 Å². The Kier molecular flexibility index (Phi) is 13.1. The van der Waals surface area contributed by atoms with E-state index in [1.54, 1.807) is 20.2 Å². The minimum absolute atomic E-state index is 0.00279. The average molecular weight is 879 g/mol. The Morgan fingerprint density at radius 1 is 1.10 bits per heavy atom. The minimum Gasteiger partial charge on any atom is -0.496 e. The molecule has 4 fully saturated rings. The molecule has 2 aromatic rings. The molecule has 3 aliphatic carbocycles. The fourth-order valence-electron chi connectivity index (χ4n) is 9.28. The Bertz CT molecular complexity index is 2200. The van der Waals surface area contributed by atoms with E-state index in [0.29, 0.717) is 79.6 Å². The molecule has 0 radical (unpaired) electrons. The lowest BCUT2D eigenvalue weighted by molar-refractivity contribution is -0.142. The van der Waals surface area contributed by atoms with E-state index in [-0.39, 0.29) is 37.8 Å². The van der Waals surface area contributed by atoms with E-state index < -0.39 is 74.1 Å². The summed E-state index contributed by atoms with van der Waals surface area (Å²) in [6.07, 6.45) is 8.20. The molecule has 1 aromatic heterocycles. The van der Waals surface area contributed by atoms with Crippen molar-refractivity contribution in [2.75, 3.05) is 32.2 Å². The number of hydrogen-bond acceptors (Lipinski definition) is 11. The largest absolute Gasteiger partial charge is 0.496 e. The maximum atomic E-state index is 15.0. The predicted octanol–water partition coefficient (Wildman–Crippen LogP) is 5.06. The summed E-state index contributed by atoms with van der Waals surface area (Å²) in [6.45, 7) is 9.83.